The summed E-state index contributed by atoms with van der Waals surface area (Å²) in [6.07, 6.45) is 3.05. The van der Waals surface area contributed by atoms with E-state index in [1.807, 2.05) is 6.92 Å². The molecule has 0 aromatic rings. The van der Waals surface area contributed by atoms with Gasteiger partial charge < -0.3 is 0 Å². The highest BCUT2D eigenvalue weighted by atomic mass is 16.1. The molecule has 2 unspecified atom stereocenters. The Morgan fingerprint density at radius 3 is 2.22 bits per heavy atom. The third-order valence-corrected chi connectivity index (χ3v) is 4.47. The third kappa shape index (κ3) is 3.70. The summed E-state index contributed by atoms with van der Waals surface area (Å²) >= 11 is 0. The van der Waals surface area contributed by atoms with Crippen molar-refractivity contribution in [2.45, 2.75) is 67.7 Å². The normalized spacial score (nSPS) is 23.8. The molecule has 0 heterocycles. The maximum Gasteiger partial charge on any atom is 0.158 e. The standard InChI is InChI=1S/C17H30O/c1-11(2)15(10-17(5,6)7)14-8-9-16(18)13(4)12(14)3/h11,14-15H,8-10H2,1-7H3. The van der Waals surface area contributed by atoms with E-state index in [9.17, 15) is 4.79 Å². The number of Topliss-reactive ketones (excluding diaryl/α,β-unsaturated/α-hetero) is 1. The van der Waals surface area contributed by atoms with Crippen molar-refractivity contribution in [1.29, 1.82) is 0 Å². The van der Waals surface area contributed by atoms with Gasteiger partial charge in [-0.1, -0.05) is 40.2 Å². The third-order valence-electron chi connectivity index (χ3n) is 4.47. The summed E-state index contributed by atoms with van der Waals surface area (Å²) in [5.41, 5.74) is 2.75. The monoisotopic (exact) mass is 250 g/mol. The van der Waals surface area contributed by atoms with Gasteiger partial charge in [-0.2, -0.15) is 0 Å². The van der Waals surface area contributed by atoms with Crippen molar-refractivity contribution < 1.29 is 4.79 Å². The van der Waals surface area contributed by atoms with Gasteiger partial charge in [0.1, 0.15) is 0 Å². The molecule has 1 nitrogen and oxygen atoms in total. The predicted molar refractivity (Wildman–Crippen MR) is 78.5 cm³/mol. The van der Waals surface area contributed by atoms with E-state index in [0.29, 0.717) is 29.0 Å². The van der Waals surface area contributed by atoms with Gasteiger partial charge in [0, 0.05) is 6.42 Å². The lowest BCUT2D eigenvalue weighted by atomic mass is 9.67. The number of allylic oxidation sites excluding steroid dienone is 2. The number of hydrogen-bond donors (Lipinski definition) is 0. The minimum Gasteiger partial charge on any atom is -0.295 e. The molecule has 0 spiro atoms. The summed E-state index contributed by atoms with van der Waals surface area (Å²) in [5.74, 6) is 2.36. The highest BCUT2D eigenvalue weighted by Crippen LogP contribution is 2.41. The second kappa shape index (κ2) is 5.59. The minimum atomic E-state index is 0.363. The van der Waals surface area contributed by atoms with Gasteiger partial charge in [0.25, 0.3) is 0 Å². The number of hydrogen-bond acceptors (Lipinski definition) is 1. The number of carbonyl (C=O) groups excluding carboxylic acids is 1. The van der Waals surface area contributed by atoms with Gasteiger partial charge in [0.2, 0.25) is 0 Å². The van der Waals surface area contributed by atoms with Crippen molar-refractivity contribution in [2.24, 2.45) is 23.2 Å². The number of ketones is 1. The molecule has 18 heavy (non-hydrogen) atoms. The van der Waals surface area contributed by atoms with E-state index in [1.54, 1.807) is 0 Å². The van der Waals surface area contributed by atoms with Crippen molar-refractivity contribution in [1.82, 2.24) is 0 Å². The molecule has 0 aromatic carbocycles. The van der Waals surface area contributed by atoms with Gasteiger partial charge in [0.05, 0.1) is 0 Å². The zero-order valence-electron chi connectivity index (χ0n) is 13.3. The zero-order valence-corrected chi connectivity index (χ0v) is 13.3. The molecule has 0 aliphatic heterocycles. The van der Waals surface area contributed by atoms with Gasteiger partial charge >= 0.3 is 0 Å². The summed E-state index contributed by atoms with van der Waals surface area (Å²) in [6.45, 7) is 15.8. The van der Waals surface area contributed by atoms with Crippen LogP contribution in [0.3, 0.4) is 0 Å². The van der Waals surface area contributed by atoms with Crippen LogP contribution < -0.4 is 0 Å². The molecule has 104 valence electrons. The van der Waals surface area contributed by atoms with Crippen LogP contribution in [0.15, 0.2) is 11.1 Å². The van der Waals surface area contributed by atoms with E-state index < -0.39 is 0 Å². The van der Waals surface area contributed by atoms with Gasteiger partial charge in [0.15, 0.2) is 5.78 Å². The van der Waals surface area contributed by atoms with Crippen LogP contribution in [0.2, 0.25) is 0 Å². The Bertz CT molecular complexity index is 341. The lowest BCUT2D eigenvalue weighted by Crippen LogP contribution is -2.30. The van der Waals surface area contributed by atoms with Crippen LogP contribution in [-0.2, 0) is 4.79 Å². The second-order valence-electron chi connectivity index (χ2n) is 7.55. The first kappa shape index (κ1) is 15.5. The first-order valence-corrected chi connectivity index (χ1v) is 7.34. The number of rotatable bonds is 3. The van der Waals surface area contributed by atoms with Crippen molar-refractivity contribution >= 4 is 5.78 Å². The van der Waals surface area contributed by atoms with Gasteiger partial charge in [-0.05, 0) is 55.4 Å². The van der Waals surface area contributed by atoms with Crippen LogP contribution in [0.25, 0.3) is 0 Å². The molecule has 1 rings (SSSR count). The molecule has 0 N–H and O–H groups in total. The molecule has 0 saturated carbocycles. The quantitative estimate of drug-likeness (QED) is 0.688. The predicted octanol–water partition coefficient (Wildman–Crippen LogP) is 5.01. The van der Waals surface area contributed by atoms with Crippen molar-refractivity contribution in [3.8, 4) is 0 Å². The summed E-state index contributed by atoms with van der Waals surface area (Å²) in [5, 5.41) is 0. The second-order valence-corrected chi connectivity index (χ2v) is 7.55. The van der Waals surface area contributed by atoms with E-state index >= 15 is 0 Å². The van der Waals surface area contributed by atoms with Crippen LogP contribution >= 0.6 is 0 Å². The molecular formula is C17H30O. The highest BCUT2D eigenvalue weighted by Gasteiger charge is 2.33. The maximum atomic E-state index is 11.8. The van der Waals surface area contributed by atoms with Crippen molar-refractivity contribution in [3.05, 3.63) is 11.1 Å². The van der Waals surface area contributed by atoms with Crippen LogP contribution in [0, 0.1) is 23.2 Å². The minimum absolute atomic E-state index is 0.363. The maximum absolute atomic E-state index is 11.8. The molecule has 0 fully saturated rings. The summed E-state index contributed by atoms with van der Waals surface area (Å²) in [4.78, 5) is 11.8. The Balaban J connectivity index is 2.98. The van der Waals surface area contributed by atoms with Gasteiger partial charge in [-0.3, -0.25) is 4.79 Å². The molecule has 0 saturated heterocycles. The summed E-state index contributed by atoms with van der Waals surface area (Å²) in [7, 11) is 0. The largest absolute Gasteiger partial charge is 0.295 e. The van der Waals surface area contributed by atoms with Crippen molar-refractivity contribution in [2.75, 3.05) is 0 Å². The Morgan fingerprint density at radius 1 is 1.22 bits per heavy atom. The SMILES string of the molecule is CC1=C(C)C(C(CC(C)(C)C)C(C)C)CCC1=O. The Hall–Kier alpha value is -0.590. The lowest BCUT2D eigenvalue weighted by molar-refractivity contribution is -0.116. The average Bonchev–Trinajstić information content (AvgIpc) is 2.22. The van der Waals surface area contributed by atoms with E-state index in [2.05, 4.69) is 41.5 Å². The Labute approximate surface area is 113 Å². The fraction of sp³-hybridized carbons (Fsp3) is 0.824. The van der Waals surface area contributed by atoms with Crippen LogP contribution in [-0.4, -0.2) is 5.78 Å². The lowest BCUT2D eigenvalue weighted by Gasteiger charge is -2.38. The molecule has 1 aliphatic rings. The van der Waals surface area contributed by atoms with E-state index in [0.717, 1.165) is 18.4 Å². The average molecular weight is 250 g/mol. The first-order chi connectivity index (χ1) is 8.13. The molecule has 2 atom stereocenters. The van der Waals surface area contributed by atoms with Crippen LogP contribution in [0.1, 0.15) is 67.7 Å². The molecular weight excluding hydrogens is 220 g/mol. The Morgan fingerprint density at radius 2 is 1.78 bits per heavy atom. The molecule has 0 amide bonds. The first-order valence-electron chi connectivity index (χ1n) is 7.34. The van der Waals surface area contributed by atoms with Crippen molar-refractivity contribution in [3.63, 3.8) is 0 Å². The fourth-order valence-corrected chi connectivity index (χ4v) is 3.27. The van der Waals surface area contributed by atoms with Crippen LogP contribution in [0.4, 0.5) is 0 Å². The highest BCUT2D eigenvalue weighted by molar-refractivity contribution is 5.96. The fourth-order valence-electron chi connectivity index (χ4n) is 3.27. The van der Waals surface area contributed by atoms with Crippen LogP contribution in [0.5, 0.6) is 0 Å². The van der Waals surface area contributed by atoms with E-state index in [4.69, 9.17) is 0 Å². The summed E-state index contributed by atoms with van der Waals surface area (Å²) < 4.78 is 0. The summed E-state index contributed by atoms with van der Waals surface area (Å²) in [6, 6.07) is 0. The van der Waals surface area contributed by atoms with Gasteiger partial charge in [-0.25, -0.2) is 0 Å². The molecule has 1 aliphatic carbocycles. The smallest absolute Gasteiger partial charge is 0.158 e. The molecule has 0 aromatic heterocycles. The zero-order chi connectivity index (χ0) is 14.1. The van der Waals surface area contributed by atoms with E-state index in [-0.39, 0.29) is 0 Å². The molecule has 1 heteroatoms. The Kier molecular flexibility index (Phi) is 4.80. The molecule has 0 radical (unpaired) electrons. The van der Waals surface area contributed by atoms with Gasteiger partial charge in [-0.15, -0.1) is 0 Å². The topological polar surface area (TPSA) is 17.1 Å². The number of carbonyl (C=O) groups is 1. The molecule has 0 bridgehead atoms. The van der Waals surface area contributed by atoms with E-state index in [1.165, 1.54) is 12.0 Å².